The molecule has 1 aromatic carbocycles. The van der Waals surface area contributed by atoms with Gasteiger partial charge in [0.2, 0.25) is 5.91 Å². The molecule has 0 aromatic heterocycles. The van der Waals surface area contributed by atoms with E-state index in [0.29, 0.717) is 18.9 Å². The number of anilines is 1. The largest absolute Gasteiger partial charge is 0.381 e. The molecule has 0 aliphatic carbocycles. The van der Waals surface area contributed by atoms with Crippen LogP contribution in [0.25, 0.3) is 0 Å². The molecule has 3 rings (SSSR count). The number of para-hydroxylation sites is 1. The van der Waals surface area contributed by atoms with E-state index < -0.39 is 0 Å². The summed E-state index contributed by atoms with van der Waals surface area (Å²) < 4.78 is 5.38. The number of nitrogens with two attached hydrogens (primary N) is 1. The van der Waals surface area contributed by atoms with E-state index in [1.54, 1.807) is 0 Å². The number of rotatable bonds is 3. The van der Waals surface area contributed by atoms with Crippen LogP contribution in [0.3, 0.4) is 0 Å². The Kier molecular flexibility index (Phi) is 3.53. The van der Waals surface area contributed by atoms with Gasteiger partial charge in [0.05, 0.1) is 6.61 Å². The molecular weight excluding hydrogens is 240 g/mol. The van der Waals surface area contributed by atoms with E-state index in [0.717, 1.165) is 31.7 Å². The number of ether oxygens (including phenoxy) is 1. The van der Waals surface area contributed by atoms with Crippen LogP contribution in [-0.2, 0) is 16.0 Å². The molecule has 19 heavy (non-hydrogen) atoms. The van der Waals surface area contributed by atoms with Crippen LogP contribution in [0, 0.1) is 5.92 Å². The number of nitrogens with zero attached hydrogens (tertiary/aromatic N) is 1. The smallest absolute Gasteiger partial charge is 0.227 e. The average Bonchev–Trinajstić information content (AvgIpc) is 2.96. The lowest BCUT2D eigenvalue weighted by molar-refractivity contribution is -0.119. The third-order valence-corrected chi connectivity index (χ3v) is 4.16. The Balaban J connectivity index is 1.77. The predicted molar refractivity (Wildman–Crippen MR) is 74.0 cm³/mol. The Hall–Kier alpha value is -1.39. The number of aryl methyl sites for hydroxylation is 1. The Bertz CT molecular complexity index is 469. The highest BCUT2D eigenvalue weighted by atomic mass is 16.5. The van der Waals surface area contributed by atoms with Gasteiger partial charge in [-0.15, -0.1) is 0 Å². The van der Waals surface area contributed by atoms with Crippen LogP contribution in [-0.4, -0.2) is 31.7 Å². The quantitative estimate of drug-likeness (QED) is 0.892. The van der Waals surface area contributed by atoms with E-state index in [1.807, 2.05) is 23.1 Å². The first-order chi connectivity index (χ1) is 9.25. The Morgan fingerprint density at radius 3 is 3.00 bits per heavy atom. The Morgan fingerprint density at radius 1 is 1.37 bits per heavy atom. The molecule has 0 bridgehead atoms. The topological polar surface area (TPSA) is 55.6 Å². The first-order valence-corrected chi connectivity index (χ1v) is 6.97. The summed E-state index contributed by atoms with van der Waals surface area (Å²) in [5.41, 5.74) is 8.54. The van der Waals surface area contributed by atoms with Gasteiger partial charge in [-0.3, -0.25) is 4.79 Å². The van der Waals surface area contributed by atoms with Crippen LogP contribution in [0.2, 0.25) is 0 Å². The van der Waals surface area contributed by atoms with Crippen LogP contribution in [0.4, 0.5) is 5.69 Å². The van der Waals surface area contributed by atoms with Gasteiger partial charge in [0.15, 0.2) is 0 Å². The molecule has 1 aromatic rings. The molecular formula is C15H20N2O2. The van der Waals surface area contributed by atoms with Gasteiger partial charge in [0.1, 0.15) is 0 Å². The van der Waals surface area contributed by atoms with Gasteiger partial charge in [-0.25, -0.2) is 0 Å². The summed E-state index contributed by atoms with van der Waals surface area (Å²) in [6, 6.07) is 8.12. The minimum absolute atomic E-state index is 0.00222. The van der Waals surface area contributed by atoms with Gasteiger partial charge in [0, 0.05) is 37.2 Å². The molecule has 2 atom stereocenters. The monoisotopic (exact) mass is 260 g/mol. The van der Waals surface area contributed by atoms with E-state index in [1.165, 1.54) is 5.56 Å². The number of hydrogen-bond donors (Lipinski definition) is 1. The number of amides is 1. The lowest BCUT2D eigenvalue weighted by Crippen LogP contribution is -2.46. The van der Waals surface area contributed by atoms with E-state index >= 15 is 0 Å². The van der Waals surface area contributed by atoms with Gasteiger partial charge in [-0.2, -0.15) is 0 Å². The molecule has 0 spiro atoms. The summed E-state index contributed by atoms with van der Waals surface area (Å²) in [7, 11) is 0. The standard InChI is InChI=1S/C15H20N2O2/c16-13(12-7-8-19-10-12)9-17-14-4-2-1-3-11(14)5-6-15(17)18/h1-4,12-13H,5-10,16H2. The van der Waals surface area contributed by atoms with Crippen molar-refractivity contribution < 1.29 is 9.53 Å². The Labute approximate surface area is 113 Å². The highest BCUT2D eigenvalue weighted by molar-refractivity contribution is 5.96. The van der Waals surface area contributed by atoms with Crippen molar-refractivity contribution in [2.24, 2.45) is 11.7 Å². The molecule has 2 aliphatic heterocycles. The maximum absolute atomic E-state index is 12.1. The van der Waals surface area contributed by atoms with Crippen LogP contribution in [0.1, 0.15) is 18.4 Å². The second-order valence-electron chi connectivity index (χ2n) is 5.42. The maximum Gasteiger partial charge on any atom is 0.227 e. The van der Waals surface area contributed by atoms with Gasteiger partial charge < -0.3 is 15.4 Å². The van der Waals surface area contributed by atoms with Crippen LogP contribution in [0.5, 0.6) is 0 Å². The number of hydrogen-bond acceptors (Lipinski definition) is 3. The zero-order valence-corrected chi connectivity index (χ0v) is 11.0. The average molecular weight is 260 g/mol. The fourth-order valence-electron chi connectivity index (χ4n) is 2.95. The SMILES string of the molecule is NC(CN1C(=O)CCc2ccccc21)C1CCOC1. The van der Waals surface area contributed by atoms with Crippen molar-refractivity contribution in [1.29, 1.82) is 0 Å². The number of benzene rings is 1. The molecule has 102 valence electrons. The number of carbonyl (C=O) groups excluding carboxylic acids is 1. The van der Waals surface area contributed by atoms with Gasteiger partial charge in [-0.1, -0.05) is 18.2 Å². The summed E-state index contributed by atoms with van der Waals surface area (Å²) in [4.78, 5) is 14.0. The second kappa shape index (κ2) is 5.31. The molecule has 0 radical (unpaired) electrons. The van der Waals surface area contributed by atoms with Gasteiger partial charge in [0.25, 0.3) is 0 Å². The number of carbonyl (C=O) groups is 1. The summed E-state index contributed by atoms with van der Waals surface area (Å²) >= 11 is 0. The summed E-state index contributed by atoms with van der Waals surface area (Å²) in [6.45, 7) is 2.12. The lowest BCUT2D eigenvalue weighted by atomic mass is 9.96. The lowest BCUT2D eigenvalue weighted by Gasteiger charge is -2.32. The molecule has 4 heteroatoms. The molecule has 1 amide bonds. The first kappa shape index (κ1) is 12.6. The van der Waals surface area contributed by atoms with Crippen molar-refractivity contribution in [2.45, 2.75) is 25.3 Å². The fourth-order valence-corrected chi connectivity index (χ4v) is 2.95. The minimum Gasteiger partial charge on any atom is -0.381 e. The molecule has 4 nitrogen and oxygen atoms in total. The van der Waals surface area contributed by atoms with Gasteiger partial charge >= 0.3 is 0 Å². The van der Waals surface area contributed by atoms with Crippen molar-refractivity contribution >= 4 is 11.6 Å². The predicted octanol–water partition coefficient (Wildman–Crippen LogP) is 1.33. The van der Waals surface area contributed by atoms with E-state index in [-0.39, 0.29) is 11.9 Å². The third-order valence-electron chi connectivity index (χ3n) is 4.16. The number of fused-ring (bicyclic) bond motifs is 1. The summed E-state index contributed by atoms with van der Waals surface area (Å²) in [5, 5.41) is 0. The zero-order valence-electron chi connectivity index (χ0n) is 11.0. The molecule has 2 aliphatic rings. The molecule has 2 heterocycles. The Morgan fingerprint density at radius 2 is 2.21 bits per heavy atom. The van der Waals surface area contributed by atoms with Crippen LogP contribution < -0.4 is 10.6 Å². The van der Waals surface area contributed by atoms with Crippen LogP contribution >= 0.6 is 0 Å². The molecule has 2 unspecified atom stereocenters. The van der Waals surface area contributed by atoms with E-state index in [9.17, 15) is 4.79 Å². The maximum atomic E-state index is 12.1. The van der Waals surface area contributed by atoms with Crippen molar-refractivity contribution in [1.82, 2.24) is 0 Å². The van der Waals surface area contributed by atoms with E-state index in [4.69, 9.17) is 10.5 Å². The molecule has 1 saturated heterocycles. The highest BCUT2D eigenvalue weighted by Crippen LogP contribution is 2.28. The van der Waals surface area contributed by atoms with Crippen LogP contribution in [0.15, 0.2) is 24.3 Å². The second-order valence-corrected chi connectivity index (χ2v) is 5.42. The third kappa shape index (κ3) is 2.51. The summed E-state index contributed by atoms with van der Waals surface area (Å²) in [5.74, 6) is 0.565. The van der Waals surface area contributed by atoms with Gasteiger partial charge in [-0.05, 0) is 24.5 Å². The highest BCUT2D eigenvalue weighted by Gasteiger charge is 2.29. The van der Waals surface area contributed by atoms with Crippen molar-refractivity contribution in [3.63, 3.8) is 0 Å². The minimum atomic E-state index is -0.00222. The van der Waals surface area contributed by atoms with Crippen molar-refractivity contribution in [2.75, 3.05) is 24.7 Å². The van der Waals surface area contributed by atoms with E-state index in [2.05, 4.69) is 6.07 Å². The molecule has 1 fully saturated rings. The summed E-state index contributed by atoms with van der Waals surface area (Å²) in [6.07, 6.45) is 2.43. The first-order valence-electron chi connectivity index (χ1n) is 6.97. The molecule has 0 saturated carbocycles. The zero-order chi connectivity index (χ0) is 13.2. The normalized spacial score (nSPS) is 24.4. The van der Waals surface area contributed by atoms with Crippen molar-refractivity contribution in [3.05, 3.63) is 29.8 Å². The fraction of sp³-hybridized carbons (Fsp3) is 0.533. The van der Waals surface area contributed by atoms with Crippen molar-refractivity contribution in [3.8, 4) is 0 Å². The molecule has 2 N–H and O–H groups in total.